The molecule has 0 bridgehead atoms. The molecule has 0 atom stereocenters. The summed E-state index contributed by atoms with van der Waals surface area (Å²) >= 11 is 13.9. The van der Waals surface area contributed by atoms with Crippen molar-refractivity contribution in [3.8, 4) is 5.75 Å². The third-order valence-electron chi connectivity index (χ3n) is 2.59. The van der Waals surface area contributed by atoms with E-state index < -0.39 is 0 Å². The van der Waals surface area contributed by atoms with Crippen molar-refractivity contribution in [2.75, 3.05) is 12.4 Å². The highest BCUT2D eigenvalue weighted by Crippen LogP contribution is 2.26. The largest absolute Gasteiger partial charge is 0.496 e. The van der Waals surface area contributed by atoms with Crippen LogP contribution < -0.4 is 10.1 Å². The van der Waals surface area contributed by atoms with E-state index in [9.17, 15) is 4.79 Å². The lowest BCUT2D eigenvalue weighted by Gasteiger charge is -2.11. The predicted molar refractivity (Wildman–Crippen MR) is 90.1 cm³/mol. The highest BCUT2D eigenvalue weighted by Gasteiger charge is 2.14. The van der Waals surface area contributed by atoms with E-state index in [0.29, 0.717) is 27.0 Å². The van der Waals surface area contributed by atoms with E-state index >= 15 is 0 Å². The molecule has 0 spiro atoms. The smallest absolute Gasteiger partial charge is 0.259 e. The number of hydrogen-bond donors (Lipinski definition) is 1. The maximum Gasteiger partial charge on any atom is 0.259 e. The average molecular weight is 422 g/mol. The number of benzene rings is 2. The van der Waals surface area contributed by atoms with Crippen LogP contribution in [0.3, 0.4) is 0 Å². The number of nitrogens with one attached hydrogen (secondary N) is 1. The minimum absolute atomic E-state index is 0.265. The van der Waals surface area contributed by atoms with Gasteiger partial charge in [0.2, 0.25) is 0 Å². The molecule has 0 aromatic heterocycles. The molecule has 3 nitrogen and oxygen atoms in total. The van der Waals surface area contributed by atoms with Gasteiger partial charge in [0.25, 0.3) is 5.91 Å². The van der Waals surface area contributed by atoms with Gasteiger partial charge in [0.15, 0.2) is 0 Å². The second-order valence-electron chi connectivity index (χ2n) is 3.92. The minimum atomic E-state index is -0.265. The second-order valence-corrected chi connectivity index (χ2v) is 5.96. The molecule has 104 valence electrons. The van der Waals surface area contributed by atoms with Crippen molar-refractivity contribution in [3.05, 3.63) is 55.6 Å². The quantitative estimate of drug-likeness (QED) is 0.718. The molecule has 2 rings (SSSR count). The van der Waals surface area contributed by atoms with Crippen LogP contribution in [0.25, 0.3) is 0 Å². The SMILES string of the molecule is COc1cc(Cl)ccc1C(=O)Nc1ccc(Cl)cc1I. The third-order valence-corrected chi connectivity index (χ3v) is 3.95. The lowest BCUT2D eigenvalue weighted by atomic mass is 10.2. The molecule has 0 aliphatic heterocycles. The van der Waals surface area contributed by atoms with E-state index in [4.69, 9.17) is 27.9 Å². The molecular weight excluding hydrogens is 412 g/mol. The highest BCUT2D eigenvalue weighted by molar-refractivity contribution is 14.1. The summed E-state index contributed by atoms with van der Waals surface area (Å²) < 4.78 is 6.02. The molecule has 20 heavy (non-hydrogen) atoms. The van der Waals surface area contributed by atoms with E-state index in [1.54, 1.807) is 36.4 Å². The van der Waals surface area contributed by atoms with E-state index in [-0.39, 0.29) is 5.91 Å². The van der Waals surface area contributed by atoms with Gasteiger partial charge in [0, 0.05) is 13.6 Å². The number of amides is 1. The summed E-state index contributed by atoms with van der Waals surface area (Å²) in [6, 6.07) is 10.1. The molecule has 0 saturated heterocycles. The molecular formula is C14H10Cl2INO2. The fourth-order valence-corrected chi connectivity index (χ4v) is 2.80. The summed E-state index contributed by atoms with van der Waals surface area (Å²) in [5, 5.41) is 3.95. The number of hydrogen-bond acceptors (Lipinski definition) is 2. The van der Waals surface area contributed by atoms with Crippen molar-refractivity contribution in [2.45, 2.75) is 0 Å². The summed E-state index contributed by atoms with van der Waals surface area (Å²) in [6.45, 7) is 0. The van der Waals surface area contributed by atoms with Gasteiger partial charge in [-0.25, -0.2) is 0 Å². The van der Waals surface area contributed by atoms with Crippen LogP contribution in [-0.4, -0.2) is 13.0 Å². The molecule has 0 aliphatic rings. The first-order valence-electron chi connectivity index (χ1n) is 5.61. The van der Waals surface area contributed by atoms with Gasteiger partial charge in [-0.2, -0.15) is 0 Å². The van der Waals surface area contributed by atoms with Crippen LogP contribution in [-0.2, 0) is 0 Å². The Morgan fingerprint density at radius 2 is 1.80 bits per heavy atom. The summed E-state index contributed by atoms with van der Waals surface area (Å²) in [7, 11) is 1.49. The molecule has 0 fully saturated rings. The zero-order valence-corrected chi connectivity index (χ0v) is 14.1. The van der Waals surface area contributed by atoms with Crippen LogP contribution >= 0.6 is 45.8 Å². The summed E-state index contributed by atoms with van der Waals surface area (Å²) in [6.07, 6.45) is 0. The molecule has 0 radical (unpaired) electrons. The molecule has 1 amide bonds. The minimum Gasteiger partial charge on any atom is -0.496 e. The van der Waals surface area contributed by atoms with Crippen molar-refractivity contribution in [2.24, 2.45) is 0 Å². The van der Waals surface area contributed by atoms with E-state index in [1.165, 1.54) is 7.11 Å². The van der Waals surface area contributed by atoms with Gasteiger partial charge in [0.1, 0.15) is 5.75 Å². The Balaban J connectivity index is 2.28. The lowest BCUT2D eigenvalue weighted by Crippen LogP contribution is -2.14. The van der Waals surface area contributed by atoms with Gasteiger partial charge in [-0.3, -0.25) is 4.79 Å². The Bertz CT molecular complexity index is 662. The van der Waals surface area contributed by atoms with Crippen LogP contribution in [0, 0.1) is 3.57 Å². The molecule has 1 N–H and O–H groups in total. The average Bonchev–Trinajstić information content (AvgIpc) is 2.41. The predicted octanol–water partition coefficient (Wildman–Crippen LogP) is 4.86. The number of ether oxygens (including phenoxy) is 1. The van der Waals surface area contributed by atoms with Crippen molar-refractivity contribution < 1.29 is 9.53 Å². The van der Waals surface area contributed by atoms with Gasteiger partial charge in [-0.1, -0.05) is 23.2 Å². The van der Waals surface area contributed by atoms with E-state index in [0.717, 1.165) is 3.57 Å². The second kappa shape index (κ2) is 6.65. The molecule has 0 unspecified atom stereocenters. The topological polar surface area (TPSA) is 38.3 Å². The van der Waals surface area contributed by atoms with Crippen molar-refractivity contribution in [1.82, 2.24) is 0 Å². The van der Waals surface area contributed by atoms with Crippen molar-refractivity contribution in [1.29, 1.82) is 0 Å². The van der Waals surface area contributed by atoms with E-state index in [1.807, 2.05) is 0 Å². The molecule has 2 aromatic rings. The van der Waals surface area contributed by atoms with E-state index in [2.05, 4.69) is 27.9 Å². The third kappa shape index (κ3) is 3.56. The number of anilines is 1. The Morgan fingerprint density at radius 1 is 1.15 bits per heavy atom. The fourth-order valence-electron chi connectivity index (χ4n) is 1.63. The summed E-state index contributed by atoms with van der Waals surface area (Å²) in [4.78, 5) is 12.3. The Hall–Kier alpha value is -0.980. The Morgan fingerprint density at radius 3 is 2.45 bits per heavy atom. The number of halogens is 3. The molecule has 0 saturated carbocycles. The molecule has 6 heteroatoms. The number of carbonyl (C=O) groups excluding carboxylic acids is 1. The molecule has 2 aromatic carbocycles. The van der Waals surface area contributed by atoms with Crippen molar-refractivity contribution in [3.63, 3.8) is 0 Å². The monoisotopic (exact) mass is 421 g/mol. The van der Waals surface area contributed by atoms with Gasteiger partial charge in [-0.15, -0.1) is 0 Å². The van der Waals surface area contributed by atoms with Gasteiger partial charge in [-0.05, 0) is 59.0 Å². The number of methoxy groups -OCH3 is 1. The maximum absolute atomic E-state index is 12.3. The summed E-state index contributed by atoms with van der Waals surface area (Å²) in [5.41, 5.74) is 1.11. The van der Waals surface area contributed by atoms with Crippen molar-refractivity contribution >= 4 is 57.4 Å². The standard InChI is InChI=1S/C14H10Cl2INO2/c1-20-13-7-9(16)2-4-10(13)14(19)18-12-5-3-8(15)6-11(12)17/h2-7H,1H3,(H,18,19). The first kappa shape index (κ1) is 15.4. The summed E-state index contributed by atoms with van der Waals surface area (Å²) in [5.74, 6) is 0.165. The van der Waals surface area contributed by atoms with Gasteiger partial charge in [0.05, 0.1) is 18.4 Å². The fraction of sp³-hybridized carbons (Fsp3) is 0.0714. The lowest BCUT2D eigenvalue weighted by molar-refractivity contribution is 0.102. The number of rotatable bonds is 3. The number of carbonyl (C=O) groups is 1. The Labute approximate surface area is 140 Å². The van der Waals surface area contributed by atoms with Crippen LogP contribution in [0.15, 0.2) is 36.4 Å². The normalized spacial score (nSPS) is 10.2. The van der Waals surface area contributed by atoms with Crippen LogP contribution in [0.4, 0.5) is 5.69 Å². The molecule has 0 aliphatic carbocycles. The zero-order chi connectivity index (χ0) is 14.7. The van der Waals surface area contributed by atoms with Crippen LogP contribution in [0.2, 0.25) is 10.0 Å². The van der Waals surface area contributed by atoms with Crippen LogP contribution in [0.5, 0.6) is 5.75 Å². The molecule has 0 heterocycles. The first-order chi connectivity index (χ1) is 9.51. The van der Waals surface area contributed by atoms with Gasteiger partial charge >= 0.3 is 0 Å². The first-order valence-corrected chi connectivity index (χ1v) is 7.44. The maximum atomic E-state index is 12.3. The van der Waals surface area contributed by atoms with Gasteiger partial charge < -0.3 is 10.1 Å². The van der Waals surface area contributed by atoms with Crippen LogP contribution in [0.1, 0.15) is 10.4 Å². The Kier molecular flexibility index (Phi) is 5.12. The zero-order valence-electron chi connectivity index (χ0n) is 10.4. The highest BCUT2D eigenvalue weighted by atomic mass is 127.